The highest BCUT2D eigenvalue weighted by Gasteiger charge is 2.43. The van der Waals surface area contributed by atoms with Gasteiger partial charge in [0.25, 0.3) is 0 Å². The average molecular weight is 330 g/mol. The van der Waals surface area contributed by atoms with E-state index >= 15 is 0 Å². The molecule has 3 rings (SSSR count). The molecule has 2 nitrogen and oxygen atoms in total. The van der Waals surface area contributed by atoms with E-state index < -0.39 is 0 Å². The van der Waals surface area contributed by atoms with Gasteiger partial charge in [0.15, 0.2) is 0 Å². The largest absolute Gasteiger partial charge is 0.393 e. The van der Waals surface area contributed by atoms with Crippen LogP contribution in [0.15, 0.2) is 0 Å². The van der Waals surface area contributed by atoms with Crippen LogP contribution in [-0.2, 0) is 0 Å². The molecule has 0 aromatic carbocycles. The maximum atomic E-state index is 10.1. The molecule has 0 aromatic heterocycles. The summed E-state index contributed by atoms with van der Waals surface area (Å²) in [6.45, 7) is 3.66. The minimum Gasteiger partial charge on any atom is -0.393 e. The van der Waals surface area contributed by atoms with E-state index in [2.05, 4.69) is 20.8 Å². The normalized spacial score (nSPS) is 39.2. The number of nitrogens with zero attached hydrogens (tertiary/aromatic N) is 1. The molecule has 1 heterocycles. The SMILES string of the molecule is OC1CCC2CN(CC3(CBr)CCCCCC3)CC12. The van der Waals surface area contributed by atoms with E-state index in [4.69, 9.17) is 0 Å². The third kappa shape index (κ3) is 3.03. The Morgan fingerprint density at radius 2 is 1.79 bits per heavy atom. The first-order valence-corrected chi connectivity index (χ1v) is 9.31. The van der Waals surface area contributed by atoms with Crippen molar-refractivity contribution in [3.63, 3.8) is 0 Å². The van der Waals surface area contributed by atoms with E-state index in [-0.39, 0.29) is 6.10 Å². The second-order valence-electron chi connectivity index (χ2n) is 7.31. The fourth-order valence-electron chi connectivity index (χ4n) is 4.74. The first kappa shape index (κ1) is 14.3. The van der Waals surface area contributed by atoms with Crippen LogP contribution in [0.3, 0.4) is 0 Å². The van der Waals surface area contributed by atoms with Crippen LogP contribution in [0.25, 0.3) is 0 Å². The number of hydrogen-bond donors (Lipinski definition) is 1. The molecule has 3 aliphatic rings. The van der Waals surface area contributed by atoms with Gasteiger partial charge in [-0.15, -0.1) is 0 Å². The maximum Gasteiger partial charge on any atom is 0.0583 e. The molecule has 1 saturated heterocycles. The van der Waals surface area contributed by atoms with Crippen LogP contribution in [0.1, 0.15) is 51.4 Å². The van der Waals surface area contributed by atoms with Gasteiger partial charge in [0.05, 0.1) is 6.10 Å². The van der Waals surface area contributed by atoms with Crippen molar-refractivity contribution < 1.29 is 5.11 Å². The zero-order chi connectivity index (χ0) is 13.3. The van der Waals surface area contributed by atoms with Gasteiger partial charge in [0.2, 0.25) is 0 Å². The molecule has 2 saturated carbocycles. The van der Waals surface area contributed by atoms with E-state index in [1.807, 2.05) is 0 Å². The van der Waals surface area contributed by atoms with E-state index in [0.717, 1.165) is 24.2 Å². The van der Waals surface area contributed by atoms with Gasteiger partial charge >= 0.3 is 0 Å². The Hall–Kier alpha value is 0.400. The first-order valence-electron chi connectivity index (χ1n) is 8.19. The lowest BCUT2D eigenvalue weighted by molar-refractivity contribution is 0.113. The number of aliphatic hydroxyl groups is 1. The predicted molar refractivity (Wildman–Crippen MR) is 82.6 cm³/mol. The van der Waals surface area contributed by atoms with Gasteiger partial charge < -0.3 is 10.0 Å². The summed E-state index contributed by atoms with van der Waals surface area (Å²) in [5.74, 6) is 1.37. The molecule has 0 amide bonds. The van der Waals surface area contributed by atoms with Crippen LogP contribution < -0.4 is 0 Å². The molecule has 2 aliphatic carbocycles. The zero-order valence-electron chi connectivity index (χ0n) is 12.0. The zero-order valence-corrected chi connectivity index (χ0v) is 13.6. The topological polar surface area (TPSA) is 23.5 Å². The molecular formula is C16H28BrNO. The van der Waals surface area contributed by atoms with Gasteiger partial charge in [0, 0.05) is 30.9 Å². The second kappa shape index (κ2) is 6.03. The number of hydrogen-bond acceptors (Lipinski definition) is 2. The van der Waals surface area contributed by atoms with E-state index in [0.29, 0.717) is 11.3 Å². The van der Waals surface area contributed by atoms with Crippen molar-refractivity contribution in [2.75, 3.05) is 25.0 Å². The molecular weight excluding hydrogens is 302 g/mol. The lowest BCUT2D eigenvalue weighted by Gasteiger charge is -2.35. The monoisotopic (exact) mass is 329 g/mol. The highest BCUT2D eigenvalue weighted by molar-refractivity contribution is 9.09. The minimum atomic E-state index is -0.0101. The third-order valence-corrected chi connectivity index (χ3v) is 7.09. The standard InChI is InChI=1S/C16H28BrNO/c17-11-16(7-3-1-2-4-8-16)12-18-9-13-5-6-15(19)14(13)10-18/h13-15,19H,1-12H2. The number of likely N-dealkylation sites (tertiary alicyclic amines) is 1. The Balaban J connectivity index is 1.60. The van der Waals surface area contributed by atoms with Crippen molar-refractivity contribution >= 4 is 15.9 Å². The van der Waals surface area contributed by atoms with Crippen molar-refractivity contribution in [2.45, 2.75) is 57.5 Å². The van der Waals surface area contributed by atoms with Crippen LogP contribution in [0.5, 0.6) is 0 Å². The van der Waals surface area contributed by atoms with Gasteiger partial charge in [-0.25, -0.2) is 0 Å². The number of rotatable bonds is 3. The van der Waals surface area contributed by atoms with Crippen LogP contribution in [-0.4, -0.2) is 41.1 Å². The molecule has 3 fully saturated rings. The maximum absolute atomic E-state index is 10.1. The van der Waals surface area contributed by atoms with Crippen LogP contribution >= 0.6 is 15.9 Å². The minimum absolute atomic E-state index is 0.0101. The lowest BCUT2D eigenvalue weighted by atomic mass is 9.82. The number of aliphatic hydroxyl groups excluding tert-OH is 1. The van der Waals surface area contributed by atoms with E-state index in [1.54, 1.807) is 0 Å². The van der Waals surface area contributed by atoms with Gasteiger partial charge in [-0.05, 0) is 37.0 Å². The molecule has 1 N–H and O–H groups in total. The number of alkyl halides is 1. The summed E-state index contributed by atoms with van der Waals surface area (Å²) in [7, 11) is 0. The fourth-order valence-corrected chi connectivity index (χ4v) is 5.48. The van der Waals surface area contributed by atoms with Crippen molar-refractivity contribution in [3.8, 4) is 0 Å². The Morgan fingerprint density at radius 3 is 2.42 bits per heavy atom. The third-order valence-electron chi connectivity index (χ3n) is 5.90. The van der Waals surface area contributed by atoms with Crippen molar-refractivity contribution in [1.82, 2.24) is 4.90 Å². The molecule has 19 heavy (non-hydrogen) atoms. The smallest absolute Gasteiger partial charge is 0.0583 e. The van der Waals surface area contributed by atoms with Gasteiger partial charge in [-0.2, -0.15) is 0 Å². The molecule has 3 atom stereocenters. The van der Waals surface area contributed by atoms with E-state index in [9.17, 15) is 5.11 Å². The fraction of sp³-hybridized carbons (Fsp3) is 1.00. The van der Waals surface area contributed by atoms with Crippen molar-refractivity contribution in [1.29, 1.82) is 0 Å². The van der Waals surface area contributed by atoms with Crippen molar-refractivity contribution in [3.05, 3.63) is 0 Å². The number of fused-ring (bicyclic) bond motifs is 1. The first-order chi connectivity index (χ1) is 9.22. The average Bonchev–Trinajstić information content (AvgIpc) is 2.85. The molecule has 0 bridgehead atoms. The highest BCUT2D eigenvalue weighted by Crippen LogP contribution is 2.42. The molecule has 110 valence electrons. The van der Waals surface area contributed by atoms with Crippen molar-refractivity contribution in [2.24, 2.45) is 17.3 Å². The van der Waals surface area contributed by atoms with Gasteiger partial charge in [-0.3, -0.25) is 0 Å². The summed E-state index contributed by atoms with van der Waals surface area (Å²) in [5.41, 5.74) is 0.514. The molecule has 3 unspecified atom stereocenters. The summed E-state index contributed by atoms with van der Waals surface area (Å²) in [5, 5.41) is 11.2. The lowest BCUT2D eigenvalue weighted by Crippen LogP contribution is -2.38. The molecule has 1 aliphatic heterocycles. The predicted octanol–water partition coefficient (Wildman–Crippen LogP) is 3.42. The highest BCUT2D eigenvalue weighted by atomic mass is 79.9. The summed E-state index contributed by atoms with van der Waals surface area (Å²) >= 11 is 3.81. The summed E-state index contributed by atoms with van der Waals surface area (Å²) in [4.78, 5) is 2.67. The Morgan fingerprint density at radius 1 is 1.05 bits per heavy atom. The van der Waals surface area contributed by atoms with Crippen LogP contribution in [0, 0.1) is 17.3 Å². The molecule has 0 radical (unpaired) electrons. The summed E-state index contributed by atoms with van der Waals surface area (Å²) < 4.78 is 0. The summed E-state index contributed by atoms with van der Waals surface area (Å²) in [6, 6.07) is 0. The Kier molecular flexibility index (Phi) is 4.55. The van der Waals surface area contributed by atoms with Crippen LogP contribution in [0.4, 0.5) is 0 Å². The Labute approximate surface area is 126 Å². The second-order valence-corrected chi connectivity index (χ2v) is 7.87. The van der Waals surface area contributed by atoms with Crippen LogP contribution in [0.2, 0.25) is 0 Å². The Bertz CT molecular complexity index is 301. The molecule has 3 heteroatoms. The van der Waals surface area contributed by atoms with Gasteiger partial charge in [0.1, 0.15) is 0 Å². The molecule has 0 spiro atoms. The summed E-state index contributed by atoms with van der Waals surface area (Å²) in [6.07, 6.45) is 10.8. The molecule has 0 aromatic rings. The quantitative estimate of drug-likeness (QED) is 0.633. The number of halogens is 1. The van der Waals surface area contributed by atoms with E-state index in [1.165, 1.54) is 58.0 Å². The van der Waals surface area contributed by atoms with Gasteiger partial charge in [-0.1, -0.05) is 41.6 Å².